The molecule has 1 nitrogen and oxygen atoms in total. The van der Waals surface area contributed by atoms with E-state index in [1.54, 1.807) is 0 Å². The van der Waals surface area contributed by atoms with Gasteiger partial charge in [0.2, 0.25) is 0 Å². The molecular formula is C16H17ClO. The Bertz CT molecular complexity index is 549. The van der Waals surface area contributed by atoms with Gasteiger partial charge in [-0.05, 0) is 41.7 Å². The first-order valence-corrected chi connectivity index (χ1v) is 6.53. The molecule has 2 heteroatoms. The minimum absolute atomic E-state index is 0.616. The molecule has 1 N–H and O–H groups in total. The molecule has 0 aromatic heterocycles. The normalized spacial score (nSPS) is 12.4. The van der Waals surface area contributed by atoms with Gasteiger partial charge in [-0.3, -0.25) is 0 Å². The molecule has 0 saturated heterocycles. The van der Waals surface area contributed by atoms with Gasteiger partial charge in [0.15, 0.2) is 0 Å². The number of rotatable bonds is 3. The van der Waals surface area contributed by atoms with E-state index in [1.165, 1.54) is 5.56 Å². The van der Waals surface area contributed by atoms with Crippen LogP contribution in [0.25, 0.3) is 0 Å². The van der Waals surface area contributed by atoms with E-state index >= 15 is 0 Å². The highest BCUT2D eigenvalue weighted by atomic mass is 35.5. The maximum Gasteiger partial charge on any atom is 0.104 e. The molecule has 0 bridgehead atoms. The Morgan fingerprint density at radius 3 is 2.61 bits per heavy atom. The van der Waals surface area contributed by atoms with Crippen LogP contribution in [0.5, 0.6) is 0 Å². The van der Waals surface area contributed by atoms with E-state index in [-0.39, 0.29) is 0 Å². The summed E-state index contributed by atoms with van der Waals surface area (Å²) in [4.78, 5) is 0. The van der Waals surface area contributed by atoms with Gasteiger partial charge in [0.25, 0.3) is 0 Å². The molecule has 2 aromatic rings. The molecule has 0 heterocycles. The van der Waals surface area contributed by atoms with E-state index < -0.39 is 6.10 Å². The van der Waals surface area contributed by atoms with E-state index in [2.05, 4.69) is 13.0 Å². The summed E-state index contributed by atoms with van der Waals surface area (Å²) in [5.74, 6) is 0. The summed E-state index contributed by atoms with van der Waals surface area (Å²) in [6.07, 6.45) is 0.352. The molecule has 0 aliphatic carbocycles. The number of benzene rings is 2. The second-order valence-corrected chi connectivity index (χ2v) is 4.86. The molecule has 18 heavy (non-hydrogen) atoms. The van der Waals surface area contributed by atoms with Crippen LogP contribution in [0.3, 0.4) is 0 Å². The van der Waals surface area contributed by atoms with Gasteiger partial charge in [-0.25, -0.2) is 0 Å². The van der Waals surface area contributed by atoms with E-state index in [9.17, 15) is 5.11 Å². The van der Waals surface area contributed by atoms with Crippen molar-refractivity contribution in [1.82, 2.24) is 0 Å². The predicted molar refractivity (Wildman–Crippen MR) is 76.1 cm³/mol. The molecule has 0 fully saturated rings. The summed E-state index contributed by atoms with van der Waals surface area (Å²) in [5, 5.41) is 11.2. The van der Waals surface area contributed by atoms with Crippen LogP contribution in [0.15, 0.2) is 42.5 Å². The number of aliphatic hydroxyl groups excluding tert-OH is 1. The standard InChI is InChI=1S/C16H17ClO/c1-3-12-6-4-7-13(10-12)16(18)14-8-5-9-15(17)11(14)2/h4-10,16,18H,3H2,1-2H3. The topological polar surface area (TPSA) is 20.2 Å². The van der Waals surface area contributed by atoms with Crippen LogP contribution in [0.1, 0.15) is 35.3 Å². The average Bonchev–Trinajstić information content (AvgIpc) is 2.41. The van der Waals surface area contributed by atoms with Crippen molar-refractivity contribution < 1.29 is 5.11 Å². The lowest BCUT2D eigenvalue weighted by atomic mass is 9.96. The fourth-order valence-electron chi connectivity index (χ4n) is 2.08. The molecule has 1 atom stereocenters. The Labute approximate surface area is 113 Å². The largest absolute Gasteiger partial charge is 0.384 e. The lowest BCUT2D eigenvalue weighted by Gasteiger charge is -2.15. The van der Waals surface area contributed by atoms with E-state index in [0.717, 1.165) is 23.1 Å². The summed E-state index contributed by atoms with van der Waals surface area (Å²) in [7, 11) is 0. The van der Waals surface area contributed by atoms with Crippen LogP contribution in [-0.4, -0.2) is 5.11 Å². The van der Waals surface area contributed by atoms with Crippen molar-refractivity contribution in [3.63, 3.8) is 0 Å². The zero-order valence-electron chi connectivity index (χ0n) is 10.7. The first kappa shape index (κ1) is 13.1. The Balaban J connectivity index is 2.41. The van der Waals surface area contributed by atoms with Gasteiger partial charge < -0.3 is 5.11 Å². The summed E-state index contributed by atoms with van der Waals surface area (Å²) in [5.41, 5.74) is 3.95. The Morgan fingerprint density at radius 2 is 1.89 bits per heavy atom. The summed E-state index contributed by atoms with van der Waals surface area (Å²) < 4.78 is 0. The van der Waals surface area contributed by atoms with E-state index in [0.29, 0.717) is 5.02 Å². The second kappa shape index (κ2) is 5.55. The first-order chi connectivity index (χ1) is 8.63. The van der Waals surface area contributed by atoms with Crippen molar-refractivity contribution in [1.29, 1.82) is 0 Å². The van der Waals surface area contributed by atoms with Crippen molar-refractivity contribution in [2.24, 2.45) is 0 Å². The fourth-order valence-corrected chi connectivity index (χ4v) is 2.26. The van der Waals surface area contributed by atoms with Crippen LogP contribution < -0.4 is 0 Å². The van der Waals surface area contributed by atoms with E-state index in [1.807, 2.05) is 43.3 Å². The van der Waals surface area contributed by atoms with Crippen LogP contribution in [0, 0.1) is 6.92 Å². The van der Waals surface area contributed by atoms with Gasteiger partial charge >= 0.3 is 0 Å². The molecular weight excluding hydrogens is 244 g/mol. The molecule has 0 saturated carbocycles. The van der Waals surface area contributed by atoms with Crippen LogP contribution in [0.4, 0.5) is 0 Å². The highest BCUT2D eigenvalue weighted by molar-refractivity contribution is 6.31. The van der Waals surface area contributed by atoms with Gasteiger partial charge in [0.1, 0.15) is 6.10 Å². The lowest BCUT2D eigenvalue weighted by Crippen LogP contribution is -2.02. The lowest BCUT2D eigenvalue weighted by molar-refractivity contribution is 0.219. The molecule has 1 unspecified atom stereocenters. The number of aliphatic hydroxyl groups is 1. The van der Waals surface area contributed by atoms with Gasteiger partial charge in [-0.2, -0.15) is 0 Å². The smallest absolute Gasteiger partial charge is 0.104 e. The number of hydrogen-bond acceptors (Lipinski definition) is 1. The second-order valence-electron chi connectivity index (χ2n) is 4.46. The predicted octanol–water partition coefficient (Wildman–Crippen LogP) is 4.29. The molecule has 0 amide bonds. The first-order valence-electron chi connectivity index (χ1n) is 6.15. The minimum Gasteiger partial charge on any atom is -0.384 e. The summed E-state index contributed by atoms with van der Waals surface area (Å²) in [6, 6.07) is 13.7. The third-order valence-corrected chi connectivity index (χ3v) is 3.69. The van der Waals surface area contributed by atoms with Gasteiger partial charge in [-0.15, -0.1) is 0 Å². The van der Waals surface area contributed by atoms with Crippen LogP contribution in [0.2, 0.25) is 5.02 Å². The highest BCUT2D eigenvalue weighted by Gasteiger charge is 2.14. The van der Waals surface area contributed by atoms with Crippen molar-refractivity contribution in [3.05, 3.63) is 69.7 Å². The average molecular weight is 261 g/mol. The van der Waals surface area contributed by atoms with Crippen molar-refractivity contribution in [2.75, 3.05) is 0 Å². The zero-order chi connectivity index (χ0) is 13.1. The number of hydrogen-bond donors (Lipinski definition) is 1. The summed E-state index contributed by atoms with van der Waals surface area (Å²) >= 11 is 6.09. The molecule has 0 spiro atoms. The van der Waals surface area contributed by atoms with Crippen LogP contribution >= 0.6 is 11.6 Å². The van der Waals surface area contributed by atoms with Crippen LogP contribution in [-0.2, 0) is 6.42 Å². The SMILES string of the molecule is CCc1cccc(C(O)c2cccc(Cl)c2C)c1. The van der Waals surface area contributed by atoms with E-state index in [4.69, 9.17) is 11.6 Å². The molecule has 0 aliphatic heterocycles. The zero-order valence-corrected chi connectivity index (χ0v) is 11.4. The number of aryl methyl sites for hydroxylation is 1. The monoisotopic (exact) mass is 260 g/mol. The Hall–Kier alpha value is -1.31. The Kier molecular flexibility index (Phi) is 4.05. The number of halogens is 1. The maximum atomic E-state index is 10.5. The van der Waals surface area contributed by atoms with Crippen molar-refractivity contribution in [3.8, 4) is 0 Å². The maximum absolute atomic E-state index is 10.5. The summed E-state index contributed by atoms with van der Waals surface area (Å²) in [6.45, 7) is 4.04. The minimum atomic E-state index is -0.616. The third kappa shape index (κ3) is 2.58. The highest BCUT2D eigenvalue weighted by Crippen LogP contribution is 2.29. The van der Waals surface area contributed by atoms with Gasteiger partial charge in [0, 0.05) is 5.02 Å². The molecule has 2 aromatic carbocycles. The molecule has 2 rings (SSSR count). The molecule has 94 valence electrons. The van der Waals surface area contributed by atoms with Gasteiger partial charge in [-0.1, -0.05) is 54.9 Å². The Morgan fingerprint density at radius 1 is 1.17 bits per heavy atom. The van der Waals surface area contributed by atoms with Gasteiger partial charge in [0.05, 0.1) is 0 Å². The molecule has 0 radical (unpaired) electrons. The fraction of sp³-hybridized carbons (Fsp3) is 0.250. The van der Waals surface area contributed by atoms with Crippen molar-refractivity contribution in [2.45, 2.75) is 26.4 Å². The molecule has 0 aliphatic rings. The quantitative estimate of drug-likeness (QED) is 0.873. The van der Waals surface area contributed by atoms with Crippen molar-refractivity contribution >= 4 is 11.6 Å². The third-order valence-electron chi connectivity index (χ3n) is 3.28.